The second kappa shape index (κ2) is 8.02. The number of amides is 1. The fourth-order valence-corrected chi connectivity index (χ4v) is 3.35. The number of carbonyl (C=O) groups excluding carboxylic acids is 1. The van der Waals surface area contributed by atoms with Crippen LogP contribution in [0.2, 0.25) is 0 Å². The highest BCUT2D eigenvalue weighted by molar-refractivity contribution is 7.99. The van der Waals surface area contributed by atoms with Crippen molar-refractivity contribution in [3.63, 3.8) is 0 Å². The molecule has 0 aromatic carbocycles. The summed E-state index contributed by atoms with van der Waals surface area (Å²) < 4.78 is 9.10. The van der Waals surface area contributed by atoms with E-state index in [9.17, 15) is 4.79 Å². The smallest absolute Gasteiger partial charge is 0.219 e. The van der Waals surface area contributed by atoms with Crippen LogP contribution in [0.4, 0.5) is 0 Å². The lowest BCUT2D eigenvalue weighted by molar-refractivity contribution is -0.118. The van der Waals surface area contributed by atoms with Crippen LogP contribution in [0.5, 0.6) is 0 Å². The molecule has 0 radical (unpaired) electrons. The van der Waals surface area contributed by atoms with Crippen LogP contribution in [0.1, 0.15) is 18.4 Å². The molecule has 0 atom stereocenters. The normalized spacial score (nSPS) is 11.1. The van der Waals surface area contributed by atoms with Gasteiger partial charge >= 0.3 is 0 Å². The molecule has 2 N–H and O–H groups in total. The molecule has 0 spiro atoms. The van der Waals surface area contributed by atoms with Gasteiger partial charge in [0.05, 0.1) is 12.5 Å². The minimum atomic E-state index is -0.355. The first-order chi connectivity index (χ1) is 12.1. The van der Waals surface area contributed by atoms with E-state index in [4.69, 9.17) is 10.2 Å². The summed E-state index contributed by atoms with van der Waals surface area (Å²) in [6.45, 7) is 0.434. The number of aryl methyl sites for hydroxylation is 2. The van der Waals surface area contributed by atoms with Crippen molar-refractivity contribution in [1.29, 1.82) is 0 Å². The Morgan fingerprint density at radius 2 is 2.28 bits per heavy atom. The number of aromatic nitrogens is 5. The Morgan fingerprint density at radius 3 is 2.96 bits per heavy atom. The van der Waals surface area contributed by atoms with Crippen LogP contribution < -0.4 is 5.73 Å². The second-order valence-electron chi connectivity index (χ2n) is 5.63. The van der Waals surface area contributed by atoms with E-state index < -0.39 is 0 Å². The third kappa shape index (κ3) is 4.50. The molecule has 0 bridgehead atoms. The number of furan rings is 1. The molecule has 0 aliphatic heterocycles. The van der Waals surface area contributed by atoms with Crippen LogP contribution >= 0.6 is 11.8 Å². The molecule has 25 heavy (non-hydrogen) atoms. The molecule has 0 fully saturated rings. The Balaban J connectivity index is 1.64. The van der Waals surface area contributed by atoms with E-state index in [1.54, 1.807) is 28.8 Å². The number of nitrogens with zero attached hydrogens (tertiary/aromatic N) is 5. The number of carbonyl (C=O) groups is 1. The minimum absolute atomic E-state index is 0.231. The molecule has 3 heterocycles. The van der Waals surface area contributed by atoms with Gasteiger partial charge in [-0.25, -0.2) is 0 Å². The second-order valence-corrected chi connectivity index (χ2v) is 6.69. The standard InChI is InChI=1S/C16H20N6O2S/c1-21-11-12(10-18-21)4-3-9-25-16-20-19-15(13-5-2-8-24-13)22(16)7-6-14(17)23/h2,5,8,10-11H,3-4,6-7,9H2,1H3,(H2,17,23). The SMILES string of the molecule is Cn1cc(CCCSc2nnc(-c3ccco3)n2CCC(N)=O)cn1. The van der Waals surface area contributed by atoms with Crippen molar-refractivity contribution in [2.75, 3.05) is 5.75 Å². The molecular weight excluding hydrogens is 340 g/mol. The highest BCUT2D eigenvalue weighted by Crippen LogP contribution is 2.25. The van der Waals surface area contributed by atoms with Crippen molar-refractivity contribution >= 4 is 17.7 Å². The molecule has 0 aliphatic rings. The van der Waals surface area contributed by atoms with Gasteiger partial charge in [-0.05, 0) is 30.5 Å². The Kier molecular flexibility index (Phi) is 5.54. The lowest BCUT2D eigenvalue weighted by atomic mass is 10.2. The van der Waals surface area contributed by atoms with Crippen LogP contribution in [0.25, 0.3) is 11.6 Å². The number of nitrogens with two attached hydrogens (primary N) is 1. The molecule has 0 aliphatic carbocycles. The molecule has 3 aromatic rings. The Bertz CT molecular complexity index is 824. The van der Waals surface area contributed by atoms with E-state index in [2.05, 4.69) is 15.3 Å². The van der Waals surface area contributed by atoms with E-state index in [0.29, 0.717) is 18.1 Å². The number of primary amides is 1. The predicted molar refractivity (Wildman–Crippen MR) is 93.8 cm³/mol. The summed E-state index contributed by atoms with van der Waals surface area (Å²) in [5.74, 6) is 1.77. The van der Waals surface area contributed by atoms with Gasteiger partial charge in [-0.15, -0.1) is 10.2 Å². The van der Waals surface area contributed by atoms with Crippen LogP contribution in [0.3, 0.4) is 0 Å². The van der Waals surface area contributed by atoms with Crippen molar-refractivity contribution in [1.82, 2.24) is 24.5 Å². The van der Waals surface area contributed by atoms with E-state index in [1.807, 2.05) is 30.1 Å². The molecule has 0 saturated heterocycles. The van der Waals surface area contributed by atoms with Gasteiger partial charge in [-0.3, -0.25) is 14.0 Å². The zero-order valence-corrected chi connectivity index (χ0v) is 14.8. The molecule has 3 aromatic heterocycles. The van der Waals surface area contributed by atoms with Gasteiger partial charge in [0.15, 0.2) is 16.7 Å². The van der Waals surface area contributed by atoms with Crippen molar-refractivity contribution in [2.24, 2.45) is 12.8 Å². The van der Waals surface area contributed by atoms with Crippen molar-refractivity contribution in [3.05, 3.63) is 36.4 Å². The molecule has 1 amide bonds. The predicted octanol–water partition coefficient (Wildman–Crippen LogP) is 1.87. The number of thioether (sulfide) groups is 1. The topological polar surface area (TPSA) is 105 Å². The molecule has 3 rings (SSSR count). The molecule has 0 saturated carbocycles. The number of rotatable bonds is 9. The maximum absolute atomic E-state index is 11.2. The van der Waals surface area contributed by atoms with Crippen molar-refractivity contribution in [2.45, 2.75) is 31.0 Å². The van der Waals surface area contributed by atoms with Crippen LogP contribution in [0, 0.1) is 0 Å². The maximum atomic E-state index is 11.2. The third-order valence-corrected chi connectivity index (χ3v) is 4.69. The van der Waals surface area contributed by atoms with Crippen LogP contribution in [0.15, 0.2) is 40.4 Å². The lowest BCUT2D eigenvalue weighted by Gasteiger charge is -2.07. The van der Waals surface area contributed by atoms with Crippen LogP contribution in [-0.2, 0) is 24.8 Å². The van der Waals surface area contributed by atoms with Crippen molar-refractivity contribution < 1.29 is 9.21 Å². The monoisotopic (exact) mass is 360 g/mol. The molecule has 132 valence electrons. The van der Waals surface area contributed by atoms with Gasteiger partial charge in [0.25, 0.3) is 0 Å². The van der Waals surface area contributed by atoms with E-state index in [-0.39, 0.29) is 12.3 Å². The lowest BCUT2D eigenvalue weighted by Crippen LogP contribution is -2.15. The van der Waals surface area contributed by atoms with Gasteiger partial charge in [0.2, 0.25) is 5.91 Å². The first-order valence-corrected chi connectivity index (χ1v) is 8.98. The Morgan fingerprint density at radius 1 is 1.40 bits per heavy atom. The molecule has 0 unspecified atom stereocenters. The third-order valence-electron chi connectivity index (χ3n) is 3.64. The van der Waals surface area contributed by atoms with E-state index >= 15 is 0 Å². The molecular formula is C16H20N6O2S. The zero-order valence-electron chi connectivity index (χ0n) is 14.0. The van der Waals surface area contributed by atoms with Gasteiger partial charge in [0, 0.05) is 32.0 Å². The number of hydrogen-bond donors (Lipinski definition) is 1. The highest BCUT2D eigenvalue weighted by atomic mass is 32.2. The quantitative estimate of drug-likeness (QED) is 0.461. The largest absolute Gasteiger partial charge is 0.461 e. The van der Waals surface area contributed by atoms with Crippen LogP contribution in [-0.4, -0.2) is 36.2 Å². The highest BCUT2D eigenvalue weighted by Gasteiger charge is 2.16. The molecule has 8 nitrogen and oxygen atoms in total. The van der Waals surface area contributed by atoms with Gasteiger partial charge in [0.1, 0.15) is 0 Å². The first-order valence-electron chi connectivity index (χ1n) is 7.99. The van der Waals surface area contributed by atoms with E-state index in [0.717, 1.165) is 23.8 Å². The molecule has 9 heteroatoms. The minimum Gasteiger partial charge on any atom is -0.461 e. The van der Waals surface area contributed by atoms with E-state index in [1.165, 1.54) is 5.56 Å². The van der Waals surface area contributed by atoms with Crippen molar-refractivity contribution in [3.8, 4) is 11.6 Å². The zero-order chi connectivity index (χ0) is 17.6. The summed E-state index contributed by atoms with van der Waals surface area (Å²) in [6.07, 6.45) is 7.68. The van der Waals surface area contributed by atoms with Gasteiger partial charge < -0.3 is 10.2 Å². The average molecular weight is 360 g/mol. The summed E-state index contributed by atoms with van der Waals surface area (Å²) in [6, 6.07) is 3.62. The summed E-state index contributed by atoms with van der Waals surface area (Å²) in [5, 5.41) is 13.4. The van der Waals surface area contributed by atoms with Gasteiger partial charge in [-0.2, -0.15) is 5.10 Å². The fraction of sp³-hybridized carbons (Fsp3) is 0.375. The summed E-state index contributed by atoms with van der Waals surface area (Å²) in [7, 11) is 1.91. The van der Waals surface area contributed by atoms with Gasteiger partial charge in [-0.1, -0.05) is 11.8 Å². The fourth-order valence-electron chi connectivity index (χ4n) is 2.45. The summed E-state index contributed by atoms with van der Waals surface area (Å²) in [4.78, 5) is 11.2. The maximum Gasteiger partial charge on any atom is 0.219 e. The summed E-state index contributed by atoms with van der Waals surface area (Å²) >= 11 is 1.61. The summed E-state index contributed by atoms with van der Waals surface area (Å²) in [5.41, 5.74) is 6.50. The Hall–Kier alpha value is -2.55. The number of hydrogen-bond acceptors (Lipinski definition) is 6. The average Bonchev–Trinajstić information content (AvgIpc) is 3.30. The Labute approximate surface area is 149 Å². The first kappa shape index (κ1) is 17.3.